The van der Waals surface area contributed by atoms with Crippen LogP contribution < -0.4 is 0 Å². The van der Waals surface area contributed by atoms with Crippen LogP contribution in [0.1, 0.15) is 23.4 Å². The number of hydrogen-bond donors (Lipinski definition) is 0. The van der Waals surface area contributed by atoms with Gasteiger partial charge in [0.25, 0.3) is 0 Å². The summed E-state index contributed by atoms with van der Waals surface area (Å²) in [6.45, 7) is 0. The molecule has 0 bridgehead atoms. The van der Waals surface area contributed by atoms with Crippen LogP contribution in [0.4, 0.5) is 0 Å². The van der Waals surface area contributed by atoms with E-state index >= 15 is 0 Å². The molecule has 2 heterocycles. The predicted molar refractivity (Wildman–Crippen MR) is 94.6 cm³/mol. The van der Waals surface area contributed by atoms with Crippen LogP contribution in [0.2, 0.25) is 0 Å². The highest BCUT2D eigenvalue weighted by molar-refractivity contribution is 9.10. The van der Waals surface area contributed by atoms with E-state index in [1.165, 1.54) is 46.7 Å². The van der Waals surface area contributed by atoms with E-state index in [-0.39, 0.29) is 0 Å². The summed E-state index contributed by atoms with van der Waals surface area (Å²) in [4.78, 5) is 8.80. The fraction of sp³-hybridized carbons (Fsp3) is 0.312. The maximum Gasteiger partial charge on any atom is 0.195 e. The highest BCUT2D eigenvalue weighted by Crippen LogP contribution is 2.37. The van der Waals surface area contributed by atoms with Crippen molar-refractivity contribution in [1.82, 2.24) is 9.38 Å². The Morgan fingerprint density at radius 3 is 2.71 bits per heavy atom. The number of nitrogens with zero attached hydrogens (tertiary/aromatic N) is 2. The zero-order valence-electron chi connectivity index (χ0n) is 11.7. The molecule has 0 unspecified atom stereocenters. The molecule has 1 aliphatic carbocycles. The summed E-state index contributed by atoms with van der Waals surface area (Å²) in [5.41, 5.74) is 3.70. The Bertz CT molecular complexity index is 802. The highest BCUT2D eigenvalue weighted by atomic mass is 79.9. The molecular weight excluding hydrogens is 364 g/mol. The van der Waals surface area contributed by atoms with Gasteiger partial charge in [-0.1, -0.05) is 12.1 Å². The summed E-state index contributed by atoms with van der Waals surface area (Å²) < 4.78 is 3.42. The van der Waals surface area contributed by atoms with Crippen LogP contribution in [0.25, 0.3) is 16.2 Å². The molecule has 5 heteroatoms. The van der Waals surface area contributed by atoms with Crippen molar-refractivity contribution < 1.29 is 0 Å². The van der Waals surface area contributed by atoms with E-state index in [9.17, 15) is 0 Å². The summed E-state index contributed by atoms with van der Waals surface area (Å²) >= 11 is 7.41. The van der Waals surface area contributed by atoms with Gasteiger partial charge in [-0.25, -0.2) is 4.98 Å². The third kappa shape index (κ3) is 2.26. The van der Waals surface area contributed by atoms with Crippen molar-refractivity contribution in [1.29, 1.82) is 0 Å². The number of halogens is 1. The van der Waals surface area contributed by atoms with Crippen molar-refractivity contribution in [3.8, 4) is 11.3 Å². The van der Waals surface area contributed by atoms with Gasteiger partial charge < -0.3 is 0 Å². The van der Waals surface area contributed by atoms with Crippen LogP contribution in [0, 0.1) is 0 Å². The fourth-order valence-electron chi connectivity index (χ4n) is 2.93. The average molecular weight is 379 g/mol. The van der Waals surface area contributed by atoms with Gasteiger partial charge in [0.2, 0.25) is 0 Å². The number of fused-ring (bicyclic) bond motifs is 3. The summed E-state index contributed by atoms with van der Waals surface area (Å²) in [6, 6.07) is 8.65. The molecule has 0 amide bonds. The lowest BCUT2D eigenvalue weighted by atomic mass is 10.0. The molecular formula is C16H15BrN2S2. The summed E-state index contributed by atoms with van der Waals surface area (Å²) in [5.74, 6) is 0. The maximum atomic E-state index is 4.87. The molecule has 0 saturated heterocycles. The number of rotatable bonds is 2. The molecule has 21 heavy (non-hydrogen) atoms. The van der Waals surface area contributed by atoms with E-state index in [0.29, 0.717) is 0 Å². The topological polar surface area (TPSA) is 17.3 Å². The number of benzene rings is 1. The van der Waals surface area contributed by atoms with Crippen molar-refractivity contribution in [3.63, 3.8) is 0 Å². The van der Waals surface area contributed by atoms with Crippen molar-refractivity contribution in [2.24, 2.45) is 0 Å². The van der Waals surface area contributed by atoms with E-state index in [0.717, 1.165) is 15.3 Å². The van der Waals surface area contributed by atoms with Crippen LogP contribution in [0.15, 0.2) is 33.8 Å². The molecule has 1 aromatic carbocycles. The molecule has 2 aromatic heterocycles. The van der Waals surface area contributed by atoms with E-state index in [1.807, 2.05) is 11.3 Å². The lowest BCUT2D eigenvalue weighted by Gasteiger charge is -2.10. The fourth-order valence-corrected chi connectivity index (χ4v) is 5.37. The van der Waals surface area contributed by atoms with Crippen LogP contribution in [0.5, 0.6) is 0 Å². The second kappa shape index (κ2) is 5.45. The van der Waals surface area contributed by atoms with Crippen molar-refractivity contribution in [2.45, 2.75) is 30.6 Å². The Morgan fingerprint density at radius 1 is 1.19 bits per heavy atom. The lowest BCUT2D eigenvalue weighted by Crippen LogP contribution is -2.02. The Labute approximate surface area is 140 Å². The van der Waals surface area contributed by atoms with Gasteiger partial charge in [0.05, 0.1) is 0 Å². The molecule has 2 nitrogen and oxygen atoms in total. The number of aromatic nitrogens is 2. The first kappa shape index (κ1) is 13.9. The second-order valence-corrected chi connectivity index (χ2v) is 7.97. The third-order valence-corrected chi connectivity index (χ3v) is 6.64. The van der Waals surface area contributed by atoms with E-state index in [2.05, 4.69) is 50.9 Å². The minimum absolute atomic E-state index is 1.06. The Hall–Kier alpha value is -0.780. The number of thioether (sulfide) groups is 1. The van der Waals surface area contributed by atoms with Gasteiger partial charge in [-0.3, -0.25) is 4.40 Å². The SMILES string of the molecule is CSc1ccc(-c2nc3sc4c(n3c2Br)CCCC4)cc1. The molecule has 3 aromatic rings. The minimum Gasteiger partial charge on any atom is -0.281 e. The van der Waals surface area contributed by atoms with E-state index < -0.39 is 0 Å². The largest absolute Gasteiger partial charge is 0.281 e. The lowest BCUT2D eigenvalue weighted by molar-refractivity contribution is 0.673. The van der Waals surface area contributed by atoms with Gasteiger partial charge in [0.15, 0.2) is 4.96 Å². The normalized spacial score (nSPS) is 14.6. The molecule has 0 radical (unpaired) electrons. The Morgan fingerprint density at radius 2 is 1.95 bits per heavy atom. The quantitative estimate of drug-likeness (QED) is 0.553. The first-order chi connectivity index (χ1) is 10.3. The number of aryl methyl sites for hydroxylation is 2. The molecule has 0 fully saturated rings. The molecule has 0 atom stereocenters. The highest BCUT2D eigenvalue weighted by Gasteiger charge is 2.21. The van der Waals surface area contributed by atoms with Gasteiger partial charge in [-0.15, -0.1) is 23.1 Å². The molecule has 0 N–H and O–H groups in total. The van der Waals surface area contributed by atoms with Gasteiger partial charge >= 0.3 is 0 Å². The van der Waals surface area contributed by atoms with Gasteiger partial charge in [-0.05, 0) is 60.0 Å². The third-order valence-electron chi connectivity index (χ3n) is 4.03. The molecule has 4 rings (SSSR count). The smallest absolute Gasteiger partial charge is 0.195 e. The van der Waals surface area contributed by atoms with Crippen LogP contribution in [-0.4, -0.2) is 15.6 Å². The summed E-state index contributed by atoms with van der Waals surface area (Å²) in [6.07, 6.45) is 7.10. The number of imidazole rings is 1. The van der Waals surface area contributed by atoms with Gasteiger partial charge in [-0.2, -0.15) is 0 Å². The molecule has 108 valence electrons. The Kier molecular flexibility index (Phi) is 3.59. The van der Waals surface area contributed by atoms with Gasteiger partial charge in [0, 0.05) is 21.0 Å². The summed E-state index contributed by atoms with van der Waals surface area (Å²) in [7, 11) is 0. The standard InChI is InChI=1S/C16H15BrN2S2/c1-20-11-8-6-10(7-9-11)14-15(17)19-12-4-2-3-5-13(12)21-16(19)18-14/h6-9H,2-5H2,1H3. The second-order valence-electron chi connectivity index (χ2n) is 5.28. The van der Waals surface area contributed by atoms with Gasteiger partial charge in [0.1, 0.15) is 10.3 Å². The predicted octanol–water partition coefficient (Wildman–Crippen LogP) is 5.43. The first-order valence-electron chi connectivity index (χ1n) is 7.11. The van der Waals surface area contributed by atoms with Crippen LogP contribution in [-0.2, 0) is 12.8 Å². The van der Waals surface area contributed by atoms with E-state index in [1.54, 1.807) is 11.8 Å². The molecule has 1 aliphatic rings. The van der Waals surface area contributed by atoms with Crippen LogP contribution in [0.3, 0.4) is 0 Å². The monoisotopic (exact) mass is 378 g/mol. The molecule has 0 spiro atoms. The number of thiazole rings is 1. The Balaban J connectivity index is 1.85. The first-order valence-corrected chi connectivity index (χ1v) is 9.94. The average Bonchev–Trinajstić information content (AvgIpc) is 3.04. The molecule has 0 aliphatic heterocycles. The summed E-state index contributed by atoms with van der Waals surface area (Å²) in [5, 5.41) is 0. The van der Waals surface area contributed by atoms with Crippen molar-refractivity contribution in [2.75, 3.05) is 6.26 Å². The molecule has 0 saturated carbocycles. The van der Waals surface area contributed by atoms with E-state index in [4.69, 9.17) is 4.98 Å². The number of hydrogen-bond acceptors (Lipinski definition) is 3. The van der Waals surface area contributed by atoms with Crippen molar-refractivity contribution >= 4 is 44.0 Å². The zero-order valence-corrected chi connectivity index (χ0v) is 14.9. The minimum atomic E-state index is 1.06. The van der Waals surface area contributed by atoms with Crippen LogP contribution >= 0.6 is 39.0 Å². The van der Waals surface area contributed by atoms with Crippen molar-refractivity contribution in [3.05, 3.63) is 39.4 Å². The maximum absolute atomic E-state index is 4.87. The zero-order chi connectivity index (χ0) is 14.4.